The van der Waals surface area contributed by atoms with Crippen LogP contribution in [0.2, 0.25) is 15.1 Å². The van der Waals surface area contributed by atoms with Gasteiger partial charge in [0.2, 0.25) is 5.91 Å². The van der Waals surface area contributed by atoms with Gasteiger partial charge in [-0.2, -0.15) is 0 Å². The fourth-order valence-corrected chi connectivity index (χ4v) is 2.13. The largest absolute Gasteiger partial charge is 0.375 e. The molecule has 2 aromatic carbocycles. The molecule has 0 aliphatic carbocycles. The number of carbonyl (C=O) groups is 1. The maximum atomic E-state index is 11.8. The van der Waals surface area contributed by atoms with Crippen LogP contribution in [0.15, 0.2) is 42.5 Å². The van der Waals surface area contributed by atoms with Crippen molar-refractivity contribution in [2.45, 2.75) is 0 Å². The van der Waals surface area contributed by atoms with Crippen molar-refractivity contribution in [2.24, 2.45) is 0 Å². The van der Waals surface area contributed by atoms with Crippen molar-refractivity contribution in [1.29, 1.82) is 0 Å². The number of carbonyl (C=O) groups excluding carboxylic acids is 1. The van der Waals surface area contributed by atoms with Gasteiger partial charge >= 0.3 is 0 Å². The van der Waals surface area contributed by atoms with Crippen molar-refractivity contribution in [3.63, 3.8) is 0 Å². The van der Waals surface area contributed by atoms with Crippen LogP contribution < -0.4 is 10.6 Å². The third kappa shape index (κ3) is 4.30. The van der Waals surface area contributed by atoms with Crippen LogP contribution in [0.25, 0.3) is 0 Å². The quantitative estimate of drug-likeness (QED) is 0.854. The molecule has 3 nitrogen and oxygen atoms in total. The molecule has 0 atom stereocenters. The topological polar surface area (TPSA) is 41.1 Å². The van der Waals surface area contributed by atoms with Crippen LogP contribution >= 0.6 is 34.8 Å². The Bertz CT molecular complexity index is 632. The van der Waals surface area contributed by atoms with Crippen LogP contribution in [0.4, 0.5) is 11.4 Å². The predicted octanol–water partition coefficient (Wildman–Crippen LogP) is 4.70. The van der Waals surface area contributed by atoms with Crippen molar-refractivity contribution in [3.8, 4) is 0 Å². The molecule has 0 saturated carbocycles. The monoisotopic (exact) mass is 328 g/mol. The summed E-state index contributed by atoms with van der Waals surface area (Å²) in [6, 6.07) is 11.9. The van der Waals surface area contributed by atoms with E-state index in [1.165, 1.54) is 0 Å². The normalized spacial score (nSPS) is 10.2. The molecule has 0 heterocycles. The molecule has 2 N–H and O–H groups in total. The number of nitrogens with one attached hydrogen (secondary N) is 2. The molecule has 0 aliphatic heterocycles. The summed E-state index contributed by atoms with van der Waals surface area (Å²) in [7, 11) is 0. The SMILES string of the molecule is O=C(CNc1cc(Cl)ccc1Cl)Nc1cccc(Cl)c1. The second-order valence-electron chi connectivity index (χ2n) is 4.04. The lowest BCUT2D eigenvalue weighted by molar-refractivity contribution is -0.114. The highest BCUT2D eigenvalue weighted by molar-refractivity contribution is 6.35. The minimum atomic E-state index is -0.205. The first-order chi connectivity index (χ1) is 9.54. The van der Waals surface area contributed by atoms with Gasteiger partial charge in [-0.25, -0.2) is 0 Å². The van der Waals surface area contributed by atoms with Gasteiger partial charge in [0.15, 0.2) is 0 Å². The number of anilines is 2. The van der Waals surface area contributed by atoms with Gasteiger partial charge in [-0.05, 0) is 36.4 Å². The maximum absolute atomic E-state index is 11.8. The lowest BCUT2D eigenvalue weighted by Gasteiger charge is -2.09. The van der Waals surface area contributed by atoms with E-state index >= 15 is 0 Å². The number of benzene rings is 2. The van der Waals surface area contributed by atoms with Gasteiger partial charge in [0.25, 0.3) is 0 Å². The van der Waals surface area contributed by atoms with E-state index in [4.69, 9.17) is 34.8 Å². The summed E-state index contributed by atoms with van der Waals surface area (Å²) in [6.45, 7) is 0.0760. The molecule has 6 heteroatoms. The number of rotatable bonds is 4. The molecule has 2 rings (SSSR count). The third-order valence-corrected chi connectivity index (χ3v) is 3.28. The first kappa shape index (κ1) is 15.0. The molecule has 0 aliphatic rings. The molecule has 20 heavy (non-hydrogen) atoms. The molecule has 0 radical (unpaired) electrons. The predicted molar refractivity (Wildman–Crippen MR) is 85.0 cm³/mol. The summed E-state index contributed by atoms with van der Waals surface area (Å²) in [4.78, 5) is 11.8. The molecule has 1 amide bonds. The van der Waals surface area contributed by atoms with Crippen molar-refractivity contribution in [3.05, 3.63) is 57.5 Å². The molecule has 0 saturated heterocycles. The van der Waals surface area contributed by atoms with E-state index in [0.717, 1.165) is 0 Å². The molecule has 0 bridgehead atoms. The molecular formula is C14H11Cl3N2O. The van der Waals surface area contributed by atoms with Crippen LogP contribution in [0, 0.1) is 0 Å². The first-order valence-electron chi connectivity index (χ1n) is 5.79. The molecule has 0 fully saturated rings. The van der Waals surface area contributed by atoms with Gasteiger partial charge in [0.05, 0.1) is 17.3 Å². The zero-order chi connectivity index (χ0) is 14.5. The zero-order valence-corrected chi connectivity index (χ0v) is 12.6. The van der Waals surface area contributed by atoms with Crippen LogP contribution in [0.5, 0.6) is 0 Å². The minimum absolute atomic E-state index is 0.0760. The number of hydrogen-bond acceptors (Lipinski definition) is 2. The Hall–Kier alpha value is -1.42. The maximum Gasteiger partial charge on any atom is 0.243 e. The first-order valence-corrected chi connectivity index (χ1v) is 6.92. The Morgan fingerprint density at radius 2 is 1.75 bits per heavy atom. The van der Waals surface area contributed by atoms with Crippen molar-refractivity contribution < 1.29 is 4.79 Å². The molecule has 0 aromatic heterocycles. The lowest BCUT2D eigenvalue weighted by atomic mass is 10.3. The van der Waals surface area contributed by atoms with Gasteiger partial charge in [0, 0.05) is 15.7 Å². The van der Waals surface area contributed by atoms with Gasteiger partial charge in [0.1, 0.15) is 0 Å². The molecular weight excluding hydrogens is 319 g/mol. The zero-order valence-electron chi connectivity index (χ0n) is 10.3. The Morgan fingerprint density at radius 1 is 1.00 bits per heavy atom. The summed E-state index contributed by atoms with van der Waals surface area (Å²) < 4.78 is 0. The number of hydrogen-bond donors (Lipinski definition) is 2. The smallest absolute Gasteiger partial charge is 0.243 e. The summed E-state index contributed by atoms with van der Waals surface area (Å²) in [6.07, 6.45) is 0. The van der Waals surface area contributed by atoms with E-state index in [1.807, 2.05) is 0 Å². The average molecular weight is 330 g/mol. The molecule has 104 valence electrons. The van der Waals surface area contributed by atoms with E-state index in [-0.39, 0.29) is 12.5 Å². The minimum Gasteiger partial charge on any atom is -0.375 e. The van der Waals surface area contributed by atoms with E-state index in [2.05, 4.69) is 10.6 Å². The van der Waals surface area contributed by atoms with Crippen LogP contribution in [-0.4, -0.2) is 12.5 Å². The number of halogens is 3. The van der Waals surface area contributed by atoms with Crippen LogP contribution in [-0.2, 0) is 4.79 Å². The lowest BCUT2D eigenvalue weighted by Crippen LogP contribution is -2.21. The molecule has 2 aromatic rings. The van der Waals surface area contributed by atoms with Gasteiger partial charge in [-0.1, -0.05) is 40.9 Å². The highest BCUT2D eigenvalue weighted by Crippen LogP contribution is 2.25. The Morgan fingerprint density at radius 3 is 2.50 bits per heavy atom. The summed E-state index contributed by atoms with van der Waals surface area (Å²) >= 11 is 17.7. The summed E-state index contributed by atoms with van der Waals surface area (Å²) in [5.41, 5.74) is 1.25. The third-order valence-electron chi connectivity index (χ3n) is 2.48. The summed E-state index contributed by atoms with van der Waals surface area (Å²) in [5.74, 6) is -0.205. The fraction of sp³-hybridized carbons (Fsp3) is 0.0714. The van der Waals surface area contributed by atoms with Gasteiger partial charge in [-0.3, -0.25) is 4.79 Å². The van der Waals surface area contributed by atoms with Crippen LogP contribution in [0.1, 0.15) is 0 Å². The Balaban J connectivity index is 1.94. The summed E-state index contributed by atoms with van der Waals surface area (Å²) in [5, 5.41) is 7.27. The second kappa shape index (κ2) is 6.84. The van der Waals surface area contributed by atoms with Crippen molar-refractivity contribution >= 4 is 52.1 Å². The fourth-order valence-electron chi connectivity index (χ4n) is 1.58. The van der Waals surface area contributed by atoms with Crippen molar-refractivity contribution in [2.75, 3.05) is 17.2 Å². The van der Waals surface area contributed by atoms with E-state index in [9.17, 15) is 4.79 Å². The second-order valence-corrected chi connectivity index (χ2v) is 5.32. The molecule has 0 spiro atoms. The average Bonchev–Trinajstić information content (AvgIpc) is 2.40. The Kier molecular flexibility index (Phi) is 5.12. The van der Waals surface area contributed by atoms with Gasteiger partial charge in [-0.15, -0.1) is 0 Å². The van der Waals surface area contributed by atoms with E-state index in [0.29, 0.717) is 26.4 Å². The van der Waals surface area contributed by atoms with Crippen molar-refractivity contribution in [1.82, 2.24) is 0 Å². The highest BCUT2D eigenvalue weighted by Gasteiger charge is 2.05. The van der Waals surface area contributed by atoms with Gasteiger partial charge < -0.3 is 10.6 Å². The van der Waals surface area contributed by atoms with E-state index < -0.39 is 0 Å². The highest BCUT2D eigenvalue weighted by atomic mass is 35.5. The van der Waals surface area contributed by atoms with E-state index in [1.54, 1.807) is 42.5 Å². The molecule has 0 unspecified atom stereocenters. The Labute approximate surface area is 131 Å². The number of amides is 1. The van der Waals surface area contributed by atoms with Crippen LogP contribution in [0.3, 0.4) is 0 Å². The standard InChI is InChI=1S/C14H11Cl3N2O/c15-9-2-1-3-11(6-9)19-14(20)8-18-13-7-10(16)4-5-12(13)17/h1-7,18H,8H2,(H,19,20).